The van der Waals surface area contributed by atoms with Crippen molar-refractivity contribution in [3.8, 4) is 39.1 Å². The van der Waals surface area contributed by atoms with Gasteiger partial charge in [0.2, 0.25) is 0 Å². The molecule has 2 heteroatoms. The summed E-state index contributed by atoms with van der Waals surface area (Å²) in [6, 6.07) is 61.0. The van der Waals surface area contributed by atoms with E-state index in [1.165, 1.54) is 77.2 Å². The van der Waals surface area contributed by atoms with Gasteiger partial charge in [-0.25, -0.2) is 4.98 Å². The molecule has 0 N–H and O–H groups in total. The molecular formula is C48H32N2. The number of aryl methyl sites for hydroxylation is 1. The standard InChI is InChI=1S/C48H32N2/c1-2-45-49-43-21-11-12-22-44(43)50(45)32-26-23-31(24-27-32)39-29-42-46(37-18-6-5-15-34(37)39)38-28-25-30-13-3-4-14-33(30)47(38)48(42)40-19-9-7-16-35(40)36-17-8-10-20-41(36)48/h3-29H,2H2,1H3. The van der Waals surface area contributed by atoms with E-state index in [0.717, 1.165) is 29.0 Å². The van der Waals surface area contributed by atoms with Crippen molar-refractivity contribution in [2.24, 2.45) is 0 Å². The molecule has 0 aliphatic heterocycles. The lowest BCUT2D eigenvalue weighted by Gasteiger charge is -2.32. The first kappa shape index (κ1) is 27.7. The Morgan fingerprint density at radius 2 is 1.16 bits per heavy atom. The van der Waals surface area contributed by atoms with E-state index < -0.39 is 5.41 Å². The number of para-hydroxylation sites is 2. The monoisotopic (exact) mass is 636 g/mol. The van der Waals surface area contributed by atoms with Crippen LogP contribution in [-0.2, 0) is 11.8 Å². The Morgan fingerprint density at radius 1 is 0.520 bits per heavy atom. The molecule has 50 heavy (non-hydrogen) atoms. The molecule has 0 unspecified atom stereocenters. The van der Waals surface area contributed by atoms with Gasteiger partial charge < -0.3 is 0 Å². The Bertz CT molecular complexity index is 2810. The maximum Gasteiger partial charge on any atom is 0.114 e. The van der Waals surface area contributed by atoms with Gasteiger partial charge >= 0.3 is 0 Å². The molecule has 11 rings (SSSR count). The molecule has 0 bridgehead atoms. The Balaban J connectivity index is 1.23. The lowest BCUT2D eigenvalue weighted by molar-refractivity contribution is 0.802. The molecule has 0 atom stereocenters. The van der Waals surface area contributed by atoms with Crippen LogP contribution in [0.1, 0.15) is 35.0 Å². The first-order valence-electron chi connectivity index (χ1n) is 17.6. The van der Waals surface area contributed by atoms with Crippen molar-refractivity contribution >= 4 is 32.6 Å². The highest BCUT2D eigenvalue weighted by Crippen LogP contribution is 2.65. The van der Waals surface area contributed by atoms with E-state index in [1.807, 2.05) is 0 Å². The molecule has 2 aliphatic rings. The molecule has 1 aromatic heterocycles. The number of nitrogens with zero attached hydrogens (tertiary/aromatic N) is 2. The number of imidazole rings is 1. The quantitative estimate of drug-likeness (QED) is 0.189. The first-order valence-corrected chi connectivity index (χ1v) is 17.6. The van der Waals surface area contributed by atoms with Crippen molar-refractivity contribution in [3.05, 3.63) is 192 Å². The SMILES string of the molecule is CCc1nc2ccccc2n1-c1ccc(-c2cc3c(c4ccccc24)-c2ccc4ccccc4c2C32c3ccccc3-c3ccccc32)cc1. The van der Waals surface area contributed by atoms with Crippen LogP contribution in [0.15, 0.2) is 164 Å². The number of aromatic nitrogens is 2. The average Bonchev–Trinajstić information content (AvgIpc) is 3.82. The fourth-order valence-electron chi connectivity index (χ4n) is 9.40. The fraction of sp³-hybridized carbons (Fsp3) is 0.0625. The predicted octanol–water partition coefficient (Wildman–Crippen LogP) is 11.9. The van der Waals surface area contributed by atoms with Crippen molar-refractivity contribution in [2.45, 2.75) is 18.8 Å². The van der Waals surface area contributed by atoms with Gasteiger partial charge in [0.05, 0.1) is 16.4 Å². The highest BCUT2D eigenvalue weighted by Gasteiger charge is 2.53. The Morgan fingerprint density at radius 3 is 1.92 bits per heavy atom. The molecule has 2 aliphatic carbocycles. The molecule has 1 spiro atoms. The first-order chi connectivity index (χ1) is 24.8. The summed E-state index contributed by atoms with van der Waals surface area (Å²) >= 11 is 0. The van der Waals surface area contributed by atoms with Gasteiger partial charge in [0, 0.05) is 12.1 Å². The Kier molecular flexibility index (Phi) is 5.61. The molecule has 1 heterocycles. The third-order valence-electron chi connectivity index (χ3n) is 11.4. The molecule has 2 nitrogen and oxygen atoms in total. The van der Waals surface area contributed by atoms with Crippen LogP contribution in [0.2, 0.25) is 0 Å². The highest BCUT2D eigenvalue weighted by atomic mass is 15.1. The lowest BCUT2D eigenvalue weighted by Crippen LogP contribution is -2.26. The number of rotatable bonds is 3. The van der Waals surface area contributed by atoms with Crippen LogP contribution in [0.4, 0.5) is 0 Å². The second-order valence-corrected chi connectivity index (χ2v) is 13.7. The van der Waals surface area contributed by atoms with Crippen LogP contribution in [0.3, 0.4) is 0 Å². The molecule has 9 aromatic rings. The molecule has 0 saturated carbocycles. The van der Waals surface area contributed by atoms with Crippen molar-refractivity contribution in [3.63, 3.8) is 0 Å². The Labute approximate surface area is 290 Å². The largest absolute Gasteiger partial charge is 0.296 e. The third-order valence-corrected chi connectivity index (χ3v) is 11.4. The Hall–Kier alpha value is -6.25. The molecule has 8 aromatic carbocycles. The van der Waals surface area contributed by atoms with Gasteiger partial charge in [-0.3, -0.25) is 4.57 Å². The molecule has 0 fully saturated rings. The molecule has 234 valence electrons. The second kappa shape index (κ2) is 10.1. The van der Waals surface area contributed by atoms with Gasteiger partial charge in [0.15, 0.2) is 0 Å². The van der Waals surface area contributed by atoms with Crippen LogP contribution in [0, 0.1) is 0 Å². The van der Waals surface area contributed by atoms with Gasteiger partial charge in [0.25, 0.3) is 0 Å². The zero-order chi connectivity index (χ0) is 33.0. The minimum Gasteiger partial charge on any atom is -0.296 e. The molecule has 0 amide bonds. The number of benzene rings is 8. The predicted molar refractivity (Wildman–Crippen MR) is 207 cm³/mol. The maximum absolute atomic E-state index is 4.95. The lowest BCUT2D eigenvalue weighted by atomic mass is 9.69. The van der Waals surface area contributed by atoms with Gasteiger partial charge in [-0.05, 0) is 108 Å². The van der Waals surface area contributed by atoms with Crippen molar-refractivity contribution in [2.75, 3.05) is 0 Å². The van der Waals surface area contributed by atoms with Crippen LogP contribution in [-0.4, -0.2) is 9.55 Å². The normalized spacial score (nSPS) is 13.5. The maximum atomic E-state index is 4.95. The summed E-state index contributed by atoms with van der Waals surface area (Å²) in [6.45, 7) is 2.18. The number of hydrogen-bond donors (Lipinski definition) is 0. The van der Waals surface area contributed by atoms with E-state index in [4.69, 9.17) is 4.98 Å². The minimum absolute atomic E-state index is 0.441. The molecule has 0 radical (unpaired) electrons. The van der Waals surface area contributed by atoms with E-state index in [2.05, 4.69) is 175 Å². The van der Waals surface area contributed by atoms with Crippen LogP contribution in [0.5, 0.6) is 0 Å². The summed E-state index contributed by atoms with van der Waals surface area (Å²) in [5, 5.41) is 5.17. The van der Waals surface area contributed by atoms with Gasteiger partial charge in [-0.2, -0.15) is 0 Å². The van der Waals surface area contributed by atoms with Crippen LogP contribution in [0.25, 0.3) is 71.6 Å². The van der Waals surface area contributed by atoms with Crippen molar-refractivity contribution in [1.82, 2.24) is 9.55 Å². The van der Waals surface area contributed by atoms with E-state index in [0.29, 0.717) is 0 Å². The smallest absolute Gasteiger partial charge is 0.114 e. The van der Waals surface area contributed by atoms with E-state index in [-0.39, 0.29) is 0 Å². The third kappa shape index (κ3) is 3.45. The zero-order valence-corrected chi connectivity index (χ0v) is 27.7. The number of hydrogen-bond acceptors (Lipinski definition) is 1. The van der Waals surface area contributed by atoms with Gasteiger partial charge in [-0.1, -0.05) is 140 Å². The molecular weight excluding hydrogens is 605 g/mol. The van der Waals surface area contributed by atoms with Crippen LogP contribution >= 0.6 is 0 Å². The van der Waals surface area contributed by atoms with E-state index in [1.54, 1.807) is 0 Å². The summed E-state index contributed by atoms with van der Waals surface area (Å²) in [6.07, 6.45) is 0.867. The topological polar surface area (TPSA) is 17.8 Å². The summed E-state index contributed by atoms with van der Waals surface area (Å²) < 4.78 is 2.31. The highest BCUT2D eigenvalue weighted by molar-refractivity contribution is 6.14. The zero-order valence-electron chi connectivity index (χ0n) is 27.7. The van der Waals surface area contributed by atoms with Gasteiger partial charge in [-0.15, -0.1) is 0 Å². The van der Waals surface area contributed by atoms with E-state index in [9.17, 15) is 0 Å². The minimum atomic E-state index is -0.441. The average molecular weight is 637 g/mol. The van der Waals surface area contributed by atoms with Crippen molar-refractivity contribution in [1.29, 1.82) is 0 Å². The summed E-state index contributed by atoms with van der Waals surface area (Å²) in [5.74, 6) is 1.08. The van der Waals surface area contributed by atoms with Crippen LogP contribution < -0.4 is 0 Å². The summed E-state index contributed by atoms with van der Waals surface area (Å²) in [4.78, 5) is 4.95. The molecule has 0 saturated heterocycles. The van der Waals surface area contributed by atoms with Gasteiger partial charge in [0.1, 0.15) is 5.82 Å². The second-order valence-electron chi connectivity index (χ2n) is 13.7. The summed E-state index contributed by atoms with van der Waals surface area (Å²) in [5.41, 5.74) is 16.2. The fourth-order valence-corrected chi connectivity index (χ4v) is 9.40. The van der Waals surface area contributed by atoms with E-state index >= 15 is 0 Å². The number of fused-ring (bicyclic) bond motifs is 15. The van der Waals surface area contributed by atoms with Crippen molar-refractivity contribution < 1.29 is 0 Å². The summed E-state index contributed by atoms with van der Waals surface area (Å²) in [7, 11) is 0.